The summed E-state index contributed by atoms with van der Waals surface area (Å²) in [6.45, 7) is 0. The van der Waals surface area contributed by atoms with Crippen LogP contribution >= 0.6 is 15.6 Å². The zero-order valence-electron chi connectivity index (χ0n) is 6.64. The Kier molecular flexibility index (Phi) is 22.1. The quantitative estimate of drug-likeness (QED) is 0.250. The maximum absolute atomic E-state index is 10.0. The van der Waals surface area contributed by atoms with Crippen LogP contribution in [0.4, 0.5) is 4.79 Å². The molecule has 15 heteroatoms. The monoisotopic (exact) mass is 304 g/mol. The second-order valence-corrected chi connectivity index (χ2v) is 3.74. The minimum absolute atomic E-state index is 0. The molecule has 0 unspecified atom stereocenters. The van der Waals surface area contributed by atoms with E-state index in [2.05, 4.69) is 9.05 Å². The number of phosphoric ester groups is 2. The van der Waals surface area contributed by atoms with E-state index in [1.54, 1.807) is 0 Å². The van der Waals surface area contributed by atoms with Gasteiger partial charge in [-0.2, -0.15) is 0 Å². The normalized spacial score (nSPS) is 9.25. The third-order valence-electron chi connectivity index (χ3n) is 0.387. The fraction of sp³-hybridized carbons (Fsp3) is 0. The first-order valence-electron chi connectivity index (χ1n) is 2.14. The number of carbonyl (C=O) groups excluding carboxylic acids is 1. The van der Waals surface area contributed by atoms with Crippen LogP contribution in [0.5, 0.6) is 0 Å². The van der Waals surface area contributed by atoms with Gasteiger partial charge in [0.2, 0.25) is 0 Å². The summed E-state index contributed by atoms with van der Waals surface area (Å²) in [7, 11) is -10.3. The van der Waals surface area contributed by atoms with Crippen LogP contribution in [0.25, 0.3) is 0 Å². The van der Waals surface area contributed by atoms with Crippen molar-refractivity contribution in [3.63, 3.8) is 0 Å². The van der Waals surface area contributed by atoms with Gasteiger partial charge >= 0.3 is 80.9 Å². The van der Waals surface area contributed by atoms with Gasteiger partial charge in [-0.1, -0.05) is 0 Å². The van der Waals surface area contributed by atoms with E-state index in [-0.39, 0.29) is 71.4 Å². The fourth-order valence-electron chi connectivity index (χ4n) is 0.211. The Balaban J connectivity index is -0.000000101. The van der Waals surface area contributed by atoms with Gasteiger partial charge in [0.1, 0.15) is 0 Å². The summed E-state index contributed by atoms with van der Waals surface area (Å²) in [4.78, 5) is 41.7. The summed E-state index contributed by atoms with van der Waals surface area (Å²) >= 11 is 0. The van der Waals surface area contributed by atoms with E-state index in [9.17, 15) is 13.9 Å². The van der Waals surface area contributed by atoms with Gasteiger partial charge in [0.05, 0.1) is 0 Å². The predicted octanol–water partition coefficient (Wildman–Crippen LogP) is -1.65. The molecule has 0 amide bonds. The fourth-order valence-corrected chi connectivity index (χ4v) is 0.733. The van der Waals surface area contributed by atoms with E-state index < -0.39 is 21.8 Å². The van der Waals surface area contributed by atoms with E-state index in [0.29, 0.717) is 0 Å². The van der Waals surface area contributed by atoms with Gasteiger partial charge < -0.3 is 21.3 Å². The van der Waals surface area contributed by atoms with Crippen LogP contribution in [-0.4, -0.2) is 84.8 Å². The van der Waals surface area contributed by atoms with Crippen molar-refractivity contribution in [2.75, 3.05) is 0 Å². The molecule has 0 aliphatic rings. The molecule has 0 aromatic carbocycles. The Bertz CT molecular complexity index is 245. The van der Waals surface area contributed by atoms with Crippen molar-refractivity contribution >= 4 is 80.9 Å². The van der Waals surface area contributed by atoms with Crippen molar-refractivity contribution in [3.8, 4) is 0 Å². The third-order valence-corrected chi connectivity index (χ3v) is 1.16. The second kappa shape index (κ2) is 11.6. The zero-order valence-corrected chi connectivity index (χ0v) is 8.43. The summed E-state index contributed by atoms with van der Waals surface area (Å²) in [6, 6.07) is 0. The first-order valence-corrected chi connectivity index (χ1v) is 5.20. The standard InChI is InChI=1S/CH4O9P2.2H3N.2Na.2H/c2-1(9-11(3,4)5)10-12(6,7)8;;;;;;/h(H2,3,4,5)(H2,6,7,8);2*1H3;;;;. The van der Waals surface area contributed by atoms with E-state index >= 15 is 0 Å². The van der Waals surface area contributed by atoms with Crippen LogP contribution in [0, 0.1) is 0 Å². The van der Waals surface area contributed by atoms with Gasteiger partial charge in [-0.25, -0.2) is 13.9 Å². The Labute approximate surface area is 135 Å². The maximum atomic E-state index is 10.0. The molecule has 0 bridgehead atoms. The van der Waals surface area contributed by atoms with E-state index in [1.165, 1.54) is 0 Å². The van der Waals surface area contributed by atoms with Gasteiger partial charge in [-0.15, -0.1) is 0 Å². The van der Waals surface area contributed by atoms with Gasteiger partial charge in [0, 0.05) is 0 Å². The minimum atomic E-state index is -5.13. The molecule has 10 N–H and O–H groups in total. The van der Waals surface area contributed by atoms with Gasteiger partial charge in [0.15, 0.2) is 0 Å². The number of carbonyl (C=O) groups is 1. The van der Waals surface area contributed by atoms with Crippen LogP contribution in [0.1, 0.15) is 0 Å². The number of hydrogen-bond acceptors (Lipinski definition) is 7. The van der Waals surface area contributed by atoms with Crippen molar-refractivity contribution in [3.05, 3.63) is 0 Å². The van der Waals surface area contributed by atoms with E-state index in [0.717, 1.165) is 0 Å². The number of phosphoric acid groups is 2. The SMILES string of the molecule is N.N.O=C(OP(=O)(O)O)OP(=O)(O)O.[NaH].[NaH]. The Morgan fingerprint density at radius 2 is 1.00 bits per heavy atom. The third kappa shape index (κ3) is 24.6. The molecule has 0 rings (SSSR count). The van der Waals surface area contributed by atoms with Crippen LogP contribution in [0.15, 0.2) is 0 Å². The molecule has 16 heavy (non-hydrogen) atoms. The Morgan fingerprint density at radius 1 is 0.812 bits per heavy atom. The van der Waals surface area contributed by atoms with E-state index in [4.69, 9.17) is 19.6 Å². The average Bonchev–Trinajstić information content (AvgIpc) is 1.49. The van der Waals surface area contributed by atoms with Crippen molar-refractivity contribution in [1.82, 2.24) is 12.3 Å². The second-order valence-electron chi connectivity index (χ2n) is 1.41. The van der Waals surface area contributed by atoms with Gasteiger partial charge in [0.25, 0.3) is 0 Å². The van der Waals surface area contributed by atoms with Crippen LogP contribution in [-0.2, 0) is 18.2 Å². The van der Waals surface area contributed by atoms with Gasteiger partial charge in [-0.3, -0.25) is 19.6 Å². The average molecular weight is 304 g/mol. The molecule has 0 atom stereocenters. The molecular formula is CH12N2Na2O9P2. The molecule has 0 aromatic rings. The molecule has 0 heterocycles. The first kappa shape index (κ1) is 30.5. The topological polar surface area (TPSA) is 221 Å². The Morgan fingerprint density at radius 3 is 1.12 bits per heavy atom. The summed E-state index contributed by atoms with van der Waals surface area (Å²) in [5.74, 6) is 0. The zero-order chi connectivity index (χ0) is 9.99. The predicted molar refractivity (Wildman–Crippen MR) is 56.0 cm³/mol. The molecule has 0 aliphatic carbocycles. The molecule has 0 spiro atoms. The van der Waals surface area contributed by atoms with Crippen molar-refractivity contribution in [2.45, 2.75) is 0 Å². The molecule has 92 valence electrons. The molecule has 0 saturated heterocycles. The molecule has 0 aromatic heterocycles. The summed E-state index contributed by atoms with van der Waals surface area (Å²) in [5, 5.41) is 0. The van der Waals surface area contributed by atoms with E-state index in [1.807, 2.05) is 0 Å². The molecular weight excluding hydrogens is 292 g/mol. The van der Waals surface area contributed by atoms with Crippen LogP contribution in [0.2, 0.25) is 0 Å². The Hall–Kier alpha value is 1.49. The molecule has 0 radical (unpaired) electrons. The number of hydrogen-bond donors (Lipinski definition) is 6. The molecule has 11 nitrogen and oxygen atoms in total. The van der Waals surface area contributed by atoms with Crippen molar-refractivity contribution in [2.24, 2.45) is 0 Å². The number of rotatable bonds is 2. The van der Waals surface area contributed by atoms with Crippen LogP contribution in [0.3, 0.4) is 0 Å². The summed E-state index contributed by atoms with van der Waals surface area (Å²) in [5.41, 5.74) is 0. The molecule has 0 aliphatic heterocycles. The molecule has 0 fully saturated rings. The van der Waals surface area contributed by atoms with Crippen LogP contribution < -0.4 is 12.3 Å². The summed E-state index contributed by atoms with van der Waals surface area (Å²) < 4.78 is 25.9. The molecule has 0 saturated carbocycles. The van der Waals surface area contributed by atoms with Gasteiger partial charge in [-0.05, 0) is 0 Å². The van der Waals surface area contributed by atoms with Crippen molar-refractivity contribution < 1.29 is 42.5 Å². The summed E-state index contributed by atoms with van der Waals surface area (Å²) in [6.07, 6.45) is -2.14. The first-order chi connectivity index (χ1) is 5.10. The van der Waals surface area contributed by atoms with Crippen molar-refractivity contribution in [1.29, 1.82) is 0 Å².